The van der Waals surface area contributed by atoms with E-state index in [1.807, 2.05) is 12.4 Å². The van der Waals surface area contributed by atoms with Gasteiger partial charge < -0.3 is 15.0 Å². The Bertz CT molecular complexity index is 283. The zero-order valence-corrected chi connectivity index (χ0v) is 9.77. The predicted octanol–water partition coefficient (Wildman–Crippen LogP) is 1.01. The molecule has 2 N–H and O–H groups in total. The van der Waals surface area contributed by atoms with Crippen LogP contribution in [0.4, 0.5) is 0 Å². The fourth-order valence-electron chi connectivity index (χ4n) is 1.53. The molecule has 1 aromatic rings. The Hall–Kier alpha value is -0.870. The number of imidazole rings is 1. The van der Waals surface area contributed by atoms with Crippen LogP contribution >= 0.6 is 0 Å². The smallest absolute Gasteiger partial charge is 0.122 e. The number of rotatable bonds is 6. The lowest BCUT2D eigenvalue weighted by Gasteiger charge is -2.19. The van der Waals surface area contributed by atoms with Crippen LogP contribution in [0.15, 0.2) is 12.4 Å². The summed E-state index contributed by atoms with van der Waals surface area (Å²) in [6.45, 7) is 8.11. The van der Waals surface area contributed by atoms with Gasteiger partial charge in [-0.1, -0.05) is 13.8 Å². The largest absolute Gasteiger partial charge is 0.395 e. The molecular weight excluding hydrogens is 190 g/mol. The van der Waals surface area contributed by atoms with Gasteiger partial charge in [0, 0.05) is 25.0 Å². The summed E-state index contributed by atoms with van der Waals surface area (Å²) in [5, 5.41) is 12.5. The van der Waals surface area contributed by atoms with Crippen molar-refractivity contribution in [1.29, 1.82) is 0 Å². The Labute approximate surface area is 91.3 Å². The number of aromatic nitrogens is 2. The molecule has 0 amide bonds. The summed E-state index contributed by atoms with van der Waals surface area (Å²) in [6, 6.07) is 0.145. The van der Waals surface area contributed by atoms with Crippen LogP contribution < -0.4 is 5.32 Å². The molecule has 1 atom stereocenters. The normalized spacial score (nSPS) is 13.4. The summed E-state index contributed by atoms with van der Waals surface area (Å²) in [5.74, 6) is 1.46. The monoisotopic (exact) mass is 211 g/mol. The van der Waals surface area contributed by atoms with Gasteiger partial charge in [0.25, 0.3) is 0 Å². The average molecular weight is 211 g/mol. The first-order valence-corrected chi connectivity index (χ1v) is 5.53. The minimum absolute atomic E-state index is 0.145. The van der Waals surface area contributed by atoms with Gasteiger partial charge in [-0.2, -0.15) is 0 Å². The van der Waals surface area contributed by atoms with Gasteiger partial charge >= 0.3 is 0 Å². The highest BCUT2D eigenvalue weighted by Crippen LogP contribution is 2.03. The molecule has 0 unspecified atom stereocenters. The Kier molecular flexibility index (Phi) is 4.78. The van der Waals surface area contributed by atoms with Crippen molar-refractivity contribution in [1.82, 2.24) is 14.9 Å². The van der Waals surface area contributed by atoms with Crippen LogP contribution in [0.1, 0.15) is 26.6 Å². The summed E-state index contributed by atoms with van der Waals surface area (Å²) in [7, 11) is 0. The first kappa shape index (κ1) is 12.2. The van der Waals surface area contributed by atoms with Gasteiger partial charge in [0.2, 0.25) is 0 Å². The molecule has 1 heterocycles. The highest BCUT2D eigenvalue weighted by molar-refractivity contribution is 4.92. The lowest BCUT2D eigenvalue weighted by molar-refractivity contribution is 0.209. The van der Waals surface area contributed by atoms with E-state index in [1.54, 1.807) is 0 Å². The van der Waals surface area contributed by atoms with E-state index in [-0.39, 0.29) is 12.6 Å². The quantitative estimate of drug-likeness (QED) is 0.738. The number of aliphatic hydroxyl groups excluding tert-OH is 1. The van der Waals surface area contributed by atoms with Crippen molar-refractivity contribution < 1.29 is 5.11 Å². The summed E-state index contributed by atoms with van der Waals surface area (Å²) >= 11 is 0. The van der Waals surface area contributed by atoms with Crippen LogP contribution in [-0.2, 0) is 13.1 Å². The van der Waals surface area contributed by atoms with Gasteiger partial charge in [-0.25, -0.2) is 4.98 Å². The standard InChI is InChI=1S/C11H21N3O/c1-4-14-6-5-12-11(14)7-13-10(8-15)9(2)3/h5-6,9-10,13,15H,4,7-8H2,1-3H3/t10-/m1/s1. The van der Waals surface area contributed by atoms with E-state index in [4.69, 9.17) is 5.11 Å². The van der Waals surface area contributed by atoms with Crippen LogP contribution in [0.2, 0.25) is 0 Å². The average Bonchev–Trinajstić information content (AvgIpc) is 2.65. The van der Waals surface area contributed by atoms with Crippen molar-refractivity contribution in [3.8, 4) is 0 Å². The van der Waals surface area contributed by atoms with Crippen molar-refractivity contribution >= 4 is 0 Å². The van der Waals surface area contributed by atoms with E-state index >= 15 is 0 Å². The van der Waals surface area contributed by atoms with Gasteiger partial charge in [-0.05, 0) is 12.8 Å². The van der Waals surface area contributed by atoms with Crippen LogP contribution in [0.25, 0.3) is 0 Å². The van der Waals surface area contributed by atoms with Crippen LogP contribution in [0.3, 0.4) is 0 Å². The third kappa shape index (κ3) is 3.32. The Morgan fingerprint density at radius 2 is 2.27 bits per heavy atom. The maximum Gasteiger partial charge on any atom is 0.122 e. The lowest BCUT2D eigenvalue weighted by Crippen LogP contribution is -2.37. The van der Waals surface area contributed by atoms with E-state index in [0.717, 1.165) is 12.4 Å². The lowest BCUT2D eigenvalue weighted by atomic mass is 10.1. The molecule has 0 fully saturated rings. The van der Waals surface area contributed by atoms with Crippen molar-refractivity contribution in [3.05, 3.63) is 18.2 Å². The Morgan fingerprint density at radius 1 is 1.53 bits per heavy atom. The molecule has 1 rings (SSSR count). The van der Waals surface area contributed by atoms with Gasteiger partial charge in [0.1, 0.15) is 5.82 Å². The highest BCUT2D eigenvalue weighted by Gasteiger charge is 2.12. The minimum atomic E-state index is 0.145. The number of nitrogens with zero attached hydrogens (tertiary/aromatic N) is 2. The first-order chi connectivity index (χ1) is 7.19. The highest BCUT2D eigenvalue weighted by atomic mass is 16.3. The molecule has 0 aromatic carbocycles. The van der Waals surface area contributed by atoms with E-state index in [1.165, 1.54) is 0 Å². The van der Waals surface area contributed by atoms with Gasteiger partial charge in [-0.15, -0.1) is 0 Å². The number of hydrogen-bond donors (Lipinski definition) is 2. The maximum absolute atomic E-state index is 9.16. The third-order valence-corrected chi connectivity index (χ3v) is 2.67. The van der Waals surface area contributed by atoms with Gasteiger partial charge in [-0.3, -0.25) is 0 Å². The zero-order valence-electron chi connectivity index (χ0n) is 9.77. The van der Waals surface area contributed by atoms with E-state index < -0.39 is 0 Å². The molecule has 0 bridgehead atoms. The molecule has 15 heavy (non-hydrogen) atoms. The maximum atomic E-state index is 9.16. The van der Waals surface area contributed by atoms with Crippen molar-refractivity contribution in [2.75, 3.05) is 6.61 Å². The van der Waals surface area contributed by atoms with E-state index in [0.29, 0.717) is 12.5 Å². The van der Waals surface area contributed by atoms with E-state index in [9.17, 15) is 0 Å². The second-order valence-electron chi connectivity index (χ2n) is 4.04. The molecular formula is C11H21N3O. The third-order valence-electron chi connectivity index (χ3n) is 2.67. The second-order valence-corrected chi connectivity index (χ2v) is 4.04. The Balaban J connectivity index is 2.48. The molecule has 0 saturated heterocycles. The second kappa shape index (κ2) is 5.88. The fraction of sp³-hybridized carbons (Fsp3) is 0.727. The molecule has 0 aliphatic rings. The van der Waals surface area contributed by atoms with Crippen LogP contribution in [0.5, 0.6) is 0 Å². The predicted molar refractivity (Wildman–Crippen MR) is 60.5 cm³/mol. The number of hydrogen-bond acceptors (Lipinski definition) is 3. The number of nitrogens with one attached hydrogen (secondary N) is 1. The van der Waals surface area contributed by atoms with Crippen molar-refractivity contribution in [2.24, 2.45) is 5.92 Å². The van der Waals surface area contributed by atoms with Crippen molar-refractivity contribution in [3.63, 3.8) is 0 Å². The van der Waals surface area contributed by atoms with E-state index in [2.05, 4.69) is 35.6 Å². The molecule has 0 aliphatic carbocycles. The number of aryl methyl sites for hydroxylation is 1. The molecule has 86 valence electrons. The Morgan fingerprint density at radius 3 is 2.80 bits per heavy atom. The molecule has 4 nitrogen and oxygen atoms in total. The SMILES string of the molecule is CCn1ccnc1CN[C@H](CO)C(C)C. The summed E-state index contributed by atoms with van der Waals surface area (Å²) < 4.78 is 2.10. The first-order valence-electron chi connectivity index (χ1n) is 5.53. The molecule has 4 heteroatoms. The summed E-state index contributed by atoms with van der Waals surface area (Å²) in [4.78, 5) is 4.27. The summed E-state index contributed by atoms with van der Waals surface area (Å²) in [5.41, 5.74) is 0. The van der Waals surface area contributed by atoms with Crippen molar-refractivity contribution in [2.45, 2.75) is 39.9 Å². The topological polar surface area (TPSA) is 50.1 Å². The molecule has 0 saturated carbocycles. The summed E-state index contributed by atoms with van der Waals surface area (Å²) in [6.07, 6.45) is 3.78. The zero-order chi connectivity index (χ0) is 11.3. The van der Waals surface area contributed by atoms with Gasteiger partial charge in [0.15, 0.2) is 0 Å². The molecule has 0 radical (unpaired) electrons. The number of aliphatic hydroxyl groups is 1. The molecule has 0 aliphatic heterocycles. The molecule has 1 aromatic heterocycles. The fourth-order valence-corrected chi connectivity index (χ4v) is 1.53. The van der Waals surface area contributed by atoms with Gasteiger partial charge in [0.05, 0.1) is 13.2 Å². The van der Waals surface area contributed by atoms with Crippen LogP contribution in [0, 0.1) is 5.92 Å². The minimum Gasteiger partial charge on any atom is -0.395 e. The van der Waals surface area contributed by atoms with Crippen LogP contribution in [-0.4, -0.2) is 27.3 Å². The molecule has 0 spiro atoms.